The van der Waals surface area contributed by atoms with Crippen LogP contribution in [0.15, 0.2) is 84.9 Å². The molecule has 1 heterocycles. The first kappa shape index (κ1) is 25.4. The van der Waals surface area contributed by atoms with E-state index in [-0.39, 0.29) is 24.4 Å². The molecule has 0 bridgehead atoms. The van der Waals surface area contributed by atoms with Crippen LogP contribution in [0.1, 0.15) is 41.3 Å². The number of alkyl halides is 3. The van der Waals surface area contributed by atoms with Crippen LogP contribution in [0.5, 0.6) is 0 Å². The Hall–Kier alpha value is -3.65. The predicted molar refractivity (Wildman–Crippen MR) is 131 cm³/mol. The van der Waals surface area contributed by atoms with Crippen LogP contribution < -0.4 is 5.32 Å². The van der Waals surface area contributed by atoms with Crippen LogP contribution in [-0.4, -0.2) is 47.8 Å². The van der Waals surface area contributed by atoms with Gasteiger partial charge in [0.2, 0.25) is 11.8 Å². The Morgan fingerprint density at radius 1 is 0.889 bits per heavy atom. The Morgan fingerprint density at radius 3 is 1.94 bits per heavy atom. The van der Waals surface area contributed by atoms with Crippen molar-refractivity contribution in [2.24, 2.45) is 0 Å². The van der Waals surface area contributed by atoms with Gasteiger partial charge in [0.05, 0.1) is 24.2 Å². The summed E-state index contributed by atoms with van der Waals surface area (Å²) in [5.74, 6) is -0.327. The molecular weight excluding hydrogens is 467 g/mol. The second-order valence-corrected chi connectivity index (χ2v) is 8.90. The fraction of sp³-hybridized carbons (Fsp3) is 0.286. The zero-order valence-corrected chi connectivity index (χ0v) is 19.9. The van der Waals surface area contributed by atoms with Crippen molar-refractivity contribution in [2.75, 3.05) is 26.2 Å². The summed E-state index contributed by atoms with van der Waals surface area (Å²) >= 11 is 0. The summed E-state index contributed by atoms with van der Waals surface area (Å²) in [5, 5.41) is 3.12. The van der Waals surface area contributed by atoms with Crippen molar-refractivity contribution in [3.63, 3.8) is 0 Å². The molecule has 0 spiro atoms. The molecule has 0 aliphatic carbocycles. The van der Waals surface area contributed by atoms with E-state index in [1.807, 2.05) is 65.6 Å². The van der Waals surface area contributed by atoms with Crippen LogP contribution in [-0.2, 0) is 15.8 Å². The highest BCUT2D eigenvalue weighted by Crippen LogP contribution is 2.32. The minimum atomic E-state index is -4.43. The summed E-state index contributed by atoms with van der Waals surface area (Å²) in [6, 6.07) is 23.5. The molecule has 1 aliphatic rings. The minimum Gasteiger partial charge on any atom is -0.344 e. The second kappa shape index (κ2) is 11.0. The molecule has 1 aliphatic heterocycles. The number of hydrogen-bond donors (Lipinski definition) is 1. The van der Waals surface area contributed by atoms with Crippen LogP contribution in [0.3, 0.4) is 0 Å². The van der Waals surface area contributed by atoms with Gasteiger partial charge >= 0.3 is 6.18 Å². The van der Waals surface area contributed by atoms with Crippen molar-refractivity contribution < 1.29 is 22.8 Å². The number of benzene rings is 3. The van der Waals surface area contributed by atoms with Gasteiger partial charge in [-0.15, -0.1) is 0 Å². The van der Waals surface area contributed by atoms with Gasteiger partial charge in [-0.25, -0.2) is 0 Å². The van der Waals surface area contributed by atoms with Gasteiger partial charge in [0.1, 0.15) is 0 Å². The van der Waals surface area contributed by atoms with E-state index in [4.69, 9.17) is 0 Å². The molecule has 188 valence electrons. The maximum absolute atomic E-state index is 13.1. The average molecular weight is 496 g/mol. The first-order valence-electron chi connectivity index (χ1n) is 11.8. The number of rotatable bonds is 6. The van der Waals surface area contributed by atoms with E-state index in [1.54, 1.807) is 4.90 Å². The van der Waals surface area contributed by atoms with E-state index in [0.29, 0.717) is 25.2 Å². The molecule has 4 rings (SSSR count). The van der Waals surface area contributed by atoms with Gasteiger partial charge in [0.15, 0.2) is 0 Å². The number of hydrogen-bond acceptors (Lipinski definition) is 3. The first-order valence-corrected chi connectivity index (χ1v) is 11.8. The Kier molecular flexibility index (Phi) is 7.74. The number of carbonyl (C=O) groups is 2. The lowest BCUT2D eigenvalue weighted by Gasteiger charge is -2.41. The maximum Gasteiger partial charge on any atom is 0.416 e. The molecule has 1 saturated heterocycles. The van der Waals surface area contributed by atoms with Crippen molar-refractivity contribution in [2.45, 2.75) is 25.2 Å². The van der Waals surface area contributed by atoms with Gasteiger partial charge < -0.3 is 10.2 Å². The van der Waals surface area contributed by atoms with Gasteiger partial charge in [-0.05, 0) is 28.8 Å². The number of amides is 2. The summed E-state index contributed by atoms with van der Waals surface area (Å²) in [4.78, 5) is 28.9. The molecule has 0 aromatic heterocycles. The van der Waals surface area contributed by atoms with Crippen molar-refractivity contribution in [1.82, 2.24) is 15.1 Å². The fourth-order valence-corrected chi connectivity index (χ4v) is 4.60. The van der Waals surface area contributed by atoms with Crippen LogP contribution in [0.2, 0.25) is 0 Å². The molecule has 3 aromatic carbocycles. The fourth-order valence-electron chi connectivity index (χ4n) is 4.60. The molecule has 36 heavy (non-hydrogen) atoms. The third-order valence-electron chi connectivity index (χ3n) is 6.43. The molecule has 1 fully saturated rings. The monoisotopic (exact) mass is 495 g/mol. The van der Waals surface area contributed by atoms with E-state index in [0.717, 1.165) is 23.3 Å². The third kappa shape index (κ3) is 6.12. The quantitative estimate of drug-likeness (QED) is 0.534. The largest absolute Gasteiger partial charge is 0.416 e. The molecule has 3 aromatic rings. The van der Waals surface area contributed by atoms with E-state index in [1.165, 1.54) is 19.1 Å². The summed E-state index contributed by atoms with van der Waals surface area (Å²) in [5.41, 5.74) is 1.79. The van der Waals surface area contributed by atoms with Crippen molar-refractivity contribution >= 4 is 11.8 Å². The standard InChI is InChI=1S/C28H28F3N3O2/c1-20(35)34-17-16-33(18-25(34)21-12-14-24(15-13-21)28(29,30)31)19-26(36)32-27(22-8-4-2-5-9-22)23-10-6-3-7-11-23/h2-15,25,27H,16-19H2,1H3,(H,32,36). The van der Waals surface area contributed by atoms with Gasteiger partial charge in [0.25, 0.3) is 0 Å². The number of nitrogens with one attached hydrogen (secondary N) is 1. The topological polar surface area (TPSA) is 52.7 Å². The third-order valence-corrected chi connectivity index (χ3v) is 6.43. The molecular formula is C28H28F3N3O2. The molecule has 8 heteroatoms. The molecule has 2 amide bonds. The summed E-state index contributed by atoms with van der Waals surface area (Å²) in [6.07, 6.45) is -4.43. The molecule has 0 radical (unpaired) electrons. The predicted octanol–water partition coefficient (Wildman–Crippen LogP) is 4.82. The number of carbonyl (C=O) groups excluding carboxylic acids is 2. The Labute approximate surface area is 208 Å². The minimum absolute atomic E-state index is 0.110. The first-order chi connectivity index (χ1) is 17.2. The zero-order chi connectivity index (χ0) is 25.7. The highest BCUT2D eigenvalue weighted by Gasteiger charge is 2.33. The van der Waals surface area contributed by atoms with Crippen molar-refractivity contribution in [3.05, 3.63) is 107 Å². The van der Waals surface area contributed by atoms with Crippen LogP contribution in [0.25, 0.3) is 0 Å². The lowest BCUT2D eigenvalue weighted by molar-refractivity contribution is -0.138. The van der Waals surface area contributed by atoms with Gasteiger partial charge in [-0.1, -0.05) is 72.8 Å². The van der Waals surface area contributed by atoms with E-state index >= 15 is 0 Å². The molecule has 5 nitrogen and oxygen atoms in total. The van der Waals surface area contributed by atoms with Gasteiger partial charge in [-0.2, -0.15) is 13.2 Å². The smallest absolute Gasteiger partial charge is 0.344 e. The lowest BCUT2D eigenvalue weighted by atomic mass is 9.98. The summed E-state index contributed by atoms with van der Waals surface area (Å²) in [6.45, 7) is 2.78. The molecule has 1 unspecified atom stereocenters. The van der Waals surface area contributed by atoms with Crippen molar-refractivity contribution in [3.8, 4) is 0 Å². The molecule has 1 atom stereocenters. The number of halogens is 3. The van der Waals surface area contributed by atoms with Gasteiger partial charge in [0, 0.05) is 26.6 Å². The van der Waals surface area contributed by atoms with Crippen molar-refractivity contribution in [1.29, 1.82) is 0 Å². The summed E-state index contributed by atoms with van der Waals surface area (Å²) in [7, 11) is 0. The Balaban J connectivity index is 1.48. The maximum atomic E-state index is 13.1. The molecule has 0 saturated carbocycles. The highest BCUT2D eigenvalue weighted by atomic mass is 19.4. The Bertz CT molecular complexity index is 1130. The summed E-state index contributed by atoms with van der Waals surface area (Å²) < 4.78 is 39.0. The van der Waals surface area contributed by atoms with E-state index in [2.05, 4.69) is 5.32 Å². The van der Waals surface area contributed by atoms with E-state index in [9.17, 15) is 22.8 Å². The van der Waals surface area contributed by atoms with Crippen LogP contribution >= 0.6 is 0 Å². The van der Waals surface area contributed by atoms with E-state index < -0.39 is 17.8 Å². The normalized spacial score (nSPS) is 16.7. The van der Waals surface area contributed by atoms with Crippen LogP contribution in [0, 0.1) is 0 Å². The van der Waals surface area contributed by atoms with Crippen LogP contribution in [0.4, 0.5) is 13.2 Å². The number of piperazine rings is 1. The van der Waals surface area contributed by atoms with Gasteiger partial charge in [-0.3, -0.25) is 14.5 Å². The lowest BCUT2D eigenvalue weighted by Crippen LogP contribution is -2.52. The second-order valence-electron chi connectivity index (χ2n) is 8.90. The molecule has 1 N–H and O–H groups in total. The zero-order valence-electron chi connectivity index (χ0n) is 19.9. The average Bonchev–Trinajstić information content (AvgIpc) is 2.88. The SMILES string of the molecule is CC(=O)N1CCN(CC(=O)NC(c2ccccc2)c2ccccc2)CC1c1ccc(C(F)(F)F)cc1. The Morgan fingerprint density at radius 2 is 1.44 bits per heavy atom. The number of nitrogens with zero attached hydrogens (tertiary/aromatic N) is 2. The highest BCUT2D eigenvalue weighted by molar-refractivity contribution is 5.79.